The summed E-state index contributed by atoms with van der Waals surface area (Å²) < 4.78 is 4.97. The quantitative estimate of drug-likeness (QED) is 0.461. The van der Waals surface area contributed by atoms with Crippen molar-refractivity contribution in [1.82, 2.24) is 10.2 Å². The normalized spacial score (nSPS) is 10.2. The minimum Gasteiger partial charge on any atom is -0.461 e. The highest BCUT2D eigenvalue weighted by molar-refractivity contribution is 7.15. The van der Waals surface area contributed by atoms with Gasteiger partial charge >= 0.3 is 5.97 Å². The maximum atomic E-state index is 11.7. The molecule has 0 aliphatic heterocycles. The van der Waals surface area contributed by atoms with Crippen LogP contribution < -0.4 is 5.32 Å². The summed E-state index contributed by atoms with van der Waals surface area (Å²) >= 11 is 1.23. The number of anilines is 1. The van der Waals surface area contributed by atoms with E-state index in [2.05, 4.69) is 15.5 Å². The van der Waals surface area contributed by atoms with Crippen molar-refractivity contribution in [2.45, 2.75) is 26.4 Å². The summed E-state index contributed by atoms with van der Waals surface area (Å²) in [6.45, 7) is 1.54. The van der Waals surface area contributed by atoms with Crippen LogP contribution in [0.15, 0.2) is 24.3 Å². The Labute approximate surface area is 140 Å². The second-order valence-corrected chi connectivity index (χ2v) is 5.90. The highest BCUT2D eigenvalue weighted by atomic mass is 32.1. The summed E-state index contributed by atoms with van der Waals surface area (Å²) in [4.78, 5) is 33.7. The summed E-state index contributed by atoms with van der Waals surface area (Å²) in [6.07, 6.45) is -0.210. The number of ether oxygens (including phenoxy) is 1. The van der Waals surface area contributed by atoms with Gasteiger partial charge in [-0.25, -0.2) is 0 Å². The zero-order valence-corrected chi connectivity index (χ0v) is 13.5. The summed E-state index contributed by atoms with van der Waals surface area (Å²) in [7, 11) is 0. The first-order valence-electron chi connectivity index (χ1n) is 6.93. The van der Waals surface area contributed by atoms with Gasteiger partial charge in [0.2, 0.25) is 11.0 Å². The minimum absolute atomic E-state index is 0.0751. The molecule has 0 unspecified atom stereocenters. The van der Waals surface area contributed by atoms with E-state index in [1.165, 1.54) is 29.5 Å². The van der Waals surface area contributed by atoms with Gasteiger partial charge in [0.1, 0.15) is 11.6 Å². The topological polar surface area (TPSA) is 124 Å². The van der Waals surface area contributed by atoms with Gasteiger partial charge in [-0.1, -0.05) is 23.5 Å². The third-order valence-electron chi connectivity index (χ3n) is 2.91. The second-order valence-electron chi connectivity index (χ2n) is 4.72. The van der Waals surface area contributed by atoms with Crippen LogP contribution in [0.25, 0.3) is 0 Å². The Bertz CT molecular complexity index is 761. The highest BCUT2D eigenvalue weighted by Crippen LogP contribution is 2.19. The van der Waals surface area contributed by atoms with Crippen molar-refractivity contribution in [2.75, 3.05) is 5.32 Å². The van der Waals surface area contributed by atoms with Crippen molar-refractivity contribution in [3.05, 3.63) is 45.0 Å². The molecule has 0 aliphatic rings. The lowest BCUT2D eigenvalue weighted by atomic mass is 10.2. The van der Waals surface area contributed by atoms with Gasteiger partial charge in [-0.05, 0) is 13.0 Å². The molecule has 1 aromatic carbocycles. The number of nitro groups is 1. The van der Waals surface area contributed by atoms with Gasteiger partial charge in [0.25, 0.3) is 5.69 Å². The molecule has 1 N–H and O–H groups in total. The zero-order valence-electron chi connectivity index (χ0n) is 12.7. The van der Waals surface area contributed by atoms with Crippen molar-refractivity contribution in [3.8, 4) is 0 Å². The first kappa shape index (κ1) is 17.5. The summed E-state index contributed by atoms with van der Waals surface area (Å²) in [5.74, 6) is -0.995. The van der Waals surface area contributed by atoms with Crippen LogP contribution in [0.1, 0.15) is 23.4 Å². The molecule has 2 rings (SSSR count). The lowest BCUT2D eigenvalue weighted by Crippen LogP contribution is -2.14. The van der Waals surface area contributed by atoms with E-state index in [1.54, 1.807) is 13.0 Å². The van der Waals surface area contributed by atoms with Gasteiger partial charge in [0.15, 0.2) is 0 Å². The summed E-state index contributed by atoms with van der Waals surface area (Å²) in [5.41, 5.74) is 0.180. The van der Waals surface area contributed by atoms with Crippen LogP contribution in [0, 0.1) is 17.0 Å². The molecule has 0 saturated heterocycles. The van der Waals surface area contributed by atoms with Crippen molar-refractivity contribution < 1.29 is 19.2 Å². The number of nitro benzene ring substituents is 1. The Kier molecular flexibility index (Phi) is 5.90. The lowest BCUT2D eigenvalue weighted by molar-refractivity contribution is -0.385. The van der Waals surface area contributed by atoms with Crippen molar-refractivity contribution in [3.63, 3.8) is 0 Å². The number of hydrogen-bond donors (Lipinski definition) is 1. The molecule has 9 nitrogen and oxygen atoms in total. The Morgan fingerprint density at radius 3 is 2.71 bits per heavy atom. The van der Waals surface area contributed by atoms with Crippen LogP contribution in [-0.4, -0.2) is 27.0 Å². The standard InChI is InChI=1S/C14H14N4O5S/c1-9-16-17-14(24-9)15-12(19)6-7-13(20)23-8-10-4-2-3-5-11(10)18(21)22/h2-5H,6-8H2,1H3,(H,15,17,19). The number of esters is 1. The lowest BCUT2D eigenvalue weighted by Gasteiger charge is -2.05. The third kappa shape index (κ3) is 5.09. The van der Waals surface area contributed by atoms with Crippen molar-refractivity contribution >= 4 is 34.0 Å². The van der Waals surface area contributed by atoms with E-state index in [1.807, 2.05) is 0 Å². The molecule has 10 heteroatoms. The van der Waals surface area contributed by atoms with E-state index in [9.17, 15) is 19.7 Å². The summed E-state index contributed by atoms with van der Waals surface area (Å²) in [6, 6.07) is 5.99. The molecule has 24 heavy (non-hydrogen) atoms. The van der Waals surface area contributed by atoms with Crippen LogP contribution in [-0.2, 0) is 20.9 Å². The fourth-order valence-electron chi connectivity index (χ4n) is 1.79. The van der Waals surface area contributed by atoms with Crippen LogP contribution >= 0.6 is 11.3 Å². The largest absolute Gasteiger partial charge is 0.461 e. The first-order chi connectivity index (χ1) is 11.5. The van der Waals surface area contributed by atoms with Gasteiger partial charge in [-0.15, -0.1) is 10.2 Å². The molecule has 126 valence electrons. The number of rotatable bonds is 7. The number of nitrogens with zero attached hydrogens (tertiary/aromatic N) is 3. The molecule has 2 aromatic rings. The highest BCUT2D eigenvalue weighted by Gasteiger charge is 2.15. The van der Waals surface area contributed by atoms with E-state index in [0.717, 1.165) is 0 Å². The number of nitrogens with one attached hydrogen (secondary N) is 1. The predicted molar refractivity (Wildman–Crippen MR) is 85.4 cm³/mol. The Morgan fingerprint density at radius 1 is 1.29 bits per heavy atom. The Balaban J connectivity index is 1.77. The van der Waals surface area contributed by atoms with E-state index in [4.69, 9.17) is 4.74 Å². The van der Waals surface area contributed by atoms with Gasteiger partial charge in [0, 0.05) is 12.5 Å². The number of aromatic nitrogens is 2. The number of hydrogen-bond acceptors (Lipinski definition) is 8. The van der Waals surface area contributed by atoms with E-state index < -0.39 is 10.9 Å². The molecule has 0 radical (unpaired) electrons. The number of carbonyl (C=O) groups excluding carboxylic acids is 2. The molecule has 0 bridgehead atoms. The van der Waals surface area contributed by atoms with Gasteiger partial charge < -0.3 is 10.1 Å². The Morgan fingerprint density at radius 2 is 2.04 bits per heavy atom. The van der Waals surface area contributed by atoms with Crippen molar-refractivity contribution in [2.24, 2.45) is 0 Å². The molecule has 1 heterocycles. The number of aryl methyl sites for hydroxylation is 1. The number of para-hydroxylation sites is 1. The molecular formula is C14H14N4O5S. The maximum Gasteiger partial charge on any atom is 0.306 e. The van der Waals surface area contributed by atoms with Gasteiger partial charge in [-0.3, -0.25) is 19.7 Å². The van der Waals surface area contributed by atoms with E-state index in [0.29, 0.717) is 15.7 Å². The Hall–Kier alpha value is -2.88. The smallest absolute Gasteiger partial charge is 0.306 e. The fourth-order valence-corrected chi connectivity index (χ4v) is 2.39. The average molecular weight is 350 g/mol. The fraction of sp³-hybridized carbons (Fsp3) is 0.286. The zero-order chi connectivity index (χ0) is 17.5. The SMILES string of the molecule is Cc1nnc(NC(=O)CCC(=O)OCc2ccccc2[N+](=O)[O-])s1. The monoisotopic (exact) mass is 350 g/mol. The molecule has 0 saturated carbocycles. The van der Waals surface area contributed by atoms with Gasteiger partial charge in [-0.2, -0.15) is 0 Å². The van der Waals surface area contributed by atoms with Crippen LogP contribution in [0.3, 0.4) is 0 Å². The molecule has 0 atom stereocenters. The number of carbonyl (C=O) groups is 2. The van der Waals surface area contributed by atoms with Gasteiger partial charge in [0.05, 0.1) is 16.9 Å². The first-order valence-corrected chi connectivity index (χ1v) is 7.75. The molecule has 1 amide bonds. The average Bonchev–Trinajstić information content (AvgIpc) is 2.96. The van der Waals surface area contributed by atoms with Crippen LogP contribution in [0.5, 0.6) is 0 Å². The minimum atomic E-state index is -0.614. The summed E-state index contributed by atoms with van der Waals surface area (Å²) in [5, 5.41) is 22.0. The molecule has 1 aromatic heterocycles. The number of amides is 1. The molecular weight excluding hydrogens is 336 g/mol. The number of benzene rings is 1. The van der Waals surface area contributed by atoms with Crippen LogP contribution in [0.4, 0.5) is 10.8 Å². The van der Waals surface area contributed by atoms with E-state index >= 15 is 0 Å². The predicted octanol–water partition coefficient (Wildman–Crippen LogP) is 2.22. The molecule has 0 aliphatic carbocycles. The third-order valence-corrected chi connectivity index (χ3v) is 3.66. The molecule has 0 fully saturated rings. The van der Waals surface area contributed by atoms with Crippen LogP contribution in [0.2, 0.25) is 0 Å². The van der Waals surface area contributed by atoms with E-state index in [-0.39, 0.29) is 31.0 Å². The molecule has 0 spiro atoms. The second kappa shape index (κ2) is 8.11. The maximum absolute atomic E-state index is 11.7. The van der Waals surface area contributed by atoms with Crippen molar-refractivity contribution in [1.29, 1.82) is 0 Å².